The number of aromatic amines is 1. The largest absolute Gasteiger partial charge is 0.475 e. The van der Waals surface area contributed by atoms with Crippen LogP contribution >= 0.6 is 15.6 Å². The summed E-state index contributed by atoms with van der Waals surface area (Å²) in [6, 6.07) is 10.2. The molecule has 5 aromatic rings. The lowest BCUT2D eigenvalue weighted by molar-refractivity contribution is -0.118. The van der Waals surface area contributed by atoms with E-state index in [1.807, 2.05) is 39.9 Å². The minimum atomic E-state index is -5.31. The zero-order valence-corrected chi connectivity index (χ0v) is 41.0. The predicted molar refractivity (Wildman–Crippen MR) is 241 cm³/mol. The number of halogens is 1. The van der Waals surface area contributed by atoms with Gasteiger partial charge in [-0.25, -0.2) is 33.5 Å². The van der Waals surface area contributed by atoms with Crippen molar-refractivity contribution < 1.29 is 64.5 Å². The summed E-state index contributed by atoms with van der Waals surface area (Å²) in [6.07, 6.45) is -10.2. The van der Waals surface area contributed by atoms with Crippen molar-refractivity contribution in [3.05, 3.63) is 65.2 Å². The molecule has 0 aliphatic carbocycles. The Bertz CT molecular complexity index is 2930. The SMILES string of the molecule is CC(C)C(=O)Nc1nc2c(ncn2[C@@H]2O[C@@H]3COP(=O)(O)O[C@@H]4C(F)[C@H](n5cnc6c(NC(=O)c7ccccc7)ncnc65)O[C@@H]4COP(=O)(OCCC#N)OC2[C@H]3O[Si](C)(C)C(C)(C)C)c(=O)[nH]1. The number of imidazole rings is 2. The lowest BCUT2D eigenvalue weighted by Crippen LogP contribution is -2.50. The monoisotopic (exact) mass is 1020 g/mol. The molecule has 3 aliphatic rings. The van der Waals surface area contributed by atoms with E-state index in [1.165, 1.54) is 10.9 Å². The molecule has 370 valence electrons. The molecule has 7 heterocycles. The molecule has 3 aliphatic heterocycles. The summed E-state index contributed by atoms with van der Waals surface area (Å²) in [7, 11) is -13.2. The van der Waals surface area contributed by atoms with E-state index < -0.39 is 121 Å². The van der Waals surface area contributed by atoms with Crippen LogP contribution in [0.25, 0.3) is 22.3 Å². The average molecular weight is 1020 g/mol. The Morgan fingerprint density at radius 1 is 0.971 bits per heavy atom. The number of aromatic nitrogens is 8. The highest BCUT2D eigenvalue weighted by Crippen LogP contribution is 2.57. The number of H-pyrrole nitrogens is 1. The second-order valence-electron chi connectivity index (χ2n) is 18.1. The molecule has 0 radical (unpaired) electrons. The number of hydrogen-bond donors (Lipinski definition) is 4. The third-order valence-electron chi connectivity index (χ3n) is 11.9. The number of alkyl halides is 1. The summed E-state index contributed by atoms with van der Waals surface area (Å²) in [4.78, 5) is 74.1. The molecule has 4 N–H and O–H groups in total. The van der Waals surface area contributed by atoms with Crippen LogP contribution in [0.4, 0.5) is 16.2 Å². The van der Waals surface area contributed by atoms with E-state index in [0.717, 1.165) is 17.2 Å². The fourth-order valence-electron chi connectivity index (χ4n) is 7.31. The minimum absolute atomic E-state index is 0.0142. The maximum atomic E-state index is 16.9. The number of phosphoric ester groups is 2. The van der Waals surface area contributed by atoms with Crippen molar-refractivity contribution in [2.24, 2.45) is 5.92 Å². The lowest BCUT2D eigenvalue weighted by atomic mass is 10.1. The number of anilines is 2. The van der Waals surface area contributed by atoms with Gasteiger partial charge in [0.15, 0.2) is 55.1 Å². The first-order chi connectivity index (χ1) is 32.6. The van der Waals surface area contributed by atoms with Crippen LogP contribution in [-0.4, -0.2) is 121 Å². The van der Waals surface area contributed by atoms with E-state index in [9.17, 15) is 29.1 Å². The molecule has 2 bridgehead atoms. The number of nitriles is 1. The Morgan fingerprint density at radius 2 is 1.65 bits per heavy atom. The van der Waals surface area contributed by atoms with Crippen molar-refractivity contribution in [2.45, 2.75) is 108 Å². The first-order valence-electron chi connectivity index (χ1n) is 21.6. The number of benzene rings is 1. The van der Waals surface area contributed by atoms with Crippen LogP contribution < -0.4 is 16.2 Å². The van der Waals surface area contributed by atoms with Crippen LogP contribution in [0.2, 0.25) is 18.1 Å². The van der Waals surface area contributed by atoms with Gasteiger partial charge in [0.25, 0.3) is 11.5 Å². The van der Waals surface area contributed by atoms with E-state index in [2.05, 4.69) is 40.5 Å². The number of nitrogens with one attached hydrogen (secondary N) is 3. The molecule has 69 heavy (non-hydrogen) atoms. The van der Waals surface area contributed by atoms with Crippen molar-refractivity contribution >= 4 is 69.9 Å². The molecular formula is C40H50FN11O14P2Si. The van der Waals surface area contributed by atoms with E-state index >= 15 is 8.96 Å². The van der Waals surface area contributed by atoms with Crippen molar-refractivity contribution in [2.75, 3.05) is 30.5 Å². The number of nitrogens with zero attached hydrogens (tertiary/aromatic N) is 8. The normalized spacial score (nSPS) is 28.9. The molecule has 8 rings (SSSR count). The van der Waals surface area contributed by atoms with Gasteiger partial charge >= 0.3 is 15.6 Å². The zero-order valence-electron chi connectivity index (χ0n) is 38.2. The fourth-order valence-corrected chi connectivity index (χ4v) is 11.0. The van der Waals surface area contributed by atoms with Gasteiger partial charge in [0.2, 0.25) is 11.9 Å². The standard InChI is InChI=1S/C40H50FN11O14P2Si/c1-21(2)34(53)49-39-48-33-27(36(55)50-39)46-20-52(33)38-30-29(66-69(6,7)40(3,4)5)24(63-38)16-60-67(56,57)64-28-23(17-61-68(58,65-30)59-15-11-14-42)62-37(25(28)41)51-19-45-26-31(43-18-44-32(26)51)47-35(54)22-12-9-8-10-13-22/h8-10,12-13,18-21,23-25,28-30,37-38H,11,15-17H2,1-7H3,(H,56,57)(H,43,44,47,54)(H2,48,49,50,53,55)/t23-,24-,25?,28+,29+,30?,37-,38-,68?/m1/s1. The van der Waals surface area contributed by atoms with Crippen LogP contribution in [0.1, 0.15) is 63.9 Å². The smallest absolute Gasteiger partial charge is 0.408 e. The molecule has 25 nitrogen and oxygen atoms in total. The van der Waals surface area contributed by atoms with E-state index in [1.54, 1.807) is 44.2 Å². The maximum absolute atomic E-state index is 16.9. The molecule has 10 atom stereocenters. The van der Waals surface area contributed by atoms with Gasteiger partial charge in [0.1, 0.15) is 36.8 Å². The molecule has 3 saturated heterocycles. The second-order valence-corrected chi connectivity index (χ2v) is 25.8. The first-order valence-corrected chi connectivity index (χ1v) is 27.5. The predicted octanol–water partition coefficient (Wildman–Crippen LogP) is 5.29. The van der Waals surface area contributed by atoms with Crippen molar-refractivity contribution in [3.8, 4) is 6.07 Å². The highest BCUT2D eigenvalue weighted by Gasteiger charge is 2.57. The van der Waals surface area contributed by atoms with Gasteiger partial charge in [-0.1, -0.05) is 52.8 Å². The van der Waals surface area contributed by atoms with Crippen molar-refractivity contribution in [1.29, 1.82) is 5.26 Å². The lowest BCUT2D eigenvalue weighted by Gasteiger charge is -2.40. The Balaban J connectivity index is 1.17. The quantitative estimate of drug-likeness (QED) is 0.0742. The highest BCUT2D eigenvalue weighted by molar-refractivity contribution is 7.48. The molecule has 1 aromatic carbocycles. The molecule has 4 unspecified atom stereocenters. The number of fused-ring (bicyclic) bond motifs is 5. The maximum Gasteiger partial charge on any atom is 0.475 e. The molecule has 2 amide bonds. The van der Waals surface area contributed by atoms with Gasteiger partial charge in [0, 0.05) is 11.5 Å². The second kappa shape index (κ2) is 19.5. The van der Waals surface area contributed by atoms with E-state index in [0.29, 0.717) is 5.56 Å². The Labute approximate surface area is 393 Å². The molecule has 4 aromatic heterocycles. The minimum Gasteiger partial charge on any atom is -0.408 e. The molecule has 0 saturated carbocycles. The summed E-state index contributed by atoms with van der Waals surface area (Å²) in [5, 5.41) is 14.2. The number of carbonyl (C=O) groups excluding carboxylic acids is 2. The highest BCUT2D eigenvalue weighted by atomic mass is 31.2. The average Bonchev–Trinajstić information content (AvgIpc) is 4.06. The van der Waals surface area contributed by atoms with Gasteiger partial charge in [-0.2, -0.15) is 10.2 Å². The number of rotatable bonds is 11. The van der Waals surface area contributed by atoms with Crippen LogP contribution in [0.3, 0.4) is 0 Å². The fraction of sp³-hybridized carbons (Fsp3) is 0.525. The van der Waals surface area contributed by atoms with Gasteiger partial charge in [0.05, 0.1) is 45.0 Å². The zero-order chi connectivity index (χ0) is 49.6. The third-order valence-corrected chi connectivity index (χ3v) is 18.9. The van der Waals surface area contributed by atoms with Crippen LogP contribution in [0.15, 0.2) is 54.1 Å². The van der Waals surface area contributed by atoms with Crippen LogP contribution in [0.5, 0.6) is 0 Å². The van der Waals surface area contributed by atoms with Gasteiger partial charge in [-0.05, 0) is 30.3 Å². The van der Waals surface area contributed by atoms with Crippen LogP contribution in [0, 0.1) is 17.2 Å². The van der Waals surface area contributed by atoms with Gasteiger partial charge in [-0.3, -0.25) is 56.4 Å². The van der Waals surface area contributed by atoms with Crippen LogP contribution in [-0.2, 0) is 50.4 Å². The summed E-state index contributed by atoms with van der Waals surface area (Å²) in [5.74, 6) is -1.71. The van der Waals surface area contributed by atoms with Gasteiger partial charge < -0.3 is 24.1 Å². The van der Waals surface area contributed by atoms with E-state index in [4.69, 9.17) is 36.5 Å². The van der Waals surface area contributed by atoms with Gasteiger partial charge in [-0.15, -0.1) is 0 Å². The first kappa shape index (κ1) is 50.2. The molecular weight excluding hydrogens is 968 g/mol. The number of phosphoric acid groups is 2. The topological polar surface area (TPSA) is 317 Å². The van der Waals surface area contributed by atoms with E-state index in [-0.39, 0.29) is 40.5 Å². The van der Waals surface area contributed by atoms with Crippen molar-refractivity contribution in [3.63, 3.8) is 0 Å². The Hall–Kier alpha value is -5.20. The summed E-state index contributed by atoms with van der Waals surface area (Å²) in [6.45, 7) is 10.7. The van der Waals surface area contributed by atoms with Crippen molar-refractivity contribution in [1.82, 2.24) is 39.0 Å². The molecule has 3 fully saturated rings. The number of ether oxygens (including phenoxy) is 2. The Morgan fingerprint density at radius 3 is 2.35 bits per heavy atom. The number of amides is 2. The third kappa shape index (κ3) is 10.5. The number of carbonyl (C=O) groups is 2. The summed E-state index contributed by atoms with van der Waals surface area (Å²) >= 11 is 0. The molecule has 29 heteroatoms. The summed E-state index contributed by atoms with van der Waals surface area (Å²) in [5.41, 5.74) is -0.718. The Kier molecular flexibility index (Phi) is 14.2. The number of hydrogen-bond acceptors (Lipinski definition) is 19. The summed E-state index contributed by atoms with van der Waals surface area (Å²) < 4.78 is 96.9. The molecule has 0 spiro atoms.